The topological polar surface area (TPSA) is 27.1 Å². The highest BCUT2D eigenvalue weighted by Gasteiger charge is 2.34. The van der Waals surface area contributed by atoms with Crippen LogP contribution in [0.3, 0.4) is 0 Å². The van der Waals surface area contributed by atoms with E-state index in [1.165, 1.54) is 22.9 Å². The van der Waals surface area contributed by atoms with E-state index >= 15 is 0 Å². The number of hydrogen-bond donors (Lipinski definition) is 0. The first-order valence-corrected chi connectivity index (χ1v) is 12.4. The molecule has 1 heterocycles. The van der Waals surface area contributed by atoms with E-state index in [1.807, 2.05) is 0 Å². The molecule has 1 aromatic heterocycles. The van der Waals surface area contributed by atoms with Crippen molar-refractivity contribution in [1.82, 2.24) is 9.78 Å². The Kier molecular flexibility index (Phi) is 7.27. The fourth-order valence-electron chi connectivity index (χ4n) is 4.20. The van der Waals surface area contributed by atoms with Gasteiger partial charge >= 0.3 is 6.18 Å². The quantitative estimate of drug-likeness (QED) is 0.187. The van der Waals surface area contributed by atoms with E-state index in [0.29, 0.717) is 32.6 Å². The molecule has 5 rings (SSSR count). The summed E-state index contributed by atoms with van der Waals surface area (Å²) in [6, 6.07) is 20.1. The molecule has 194 valence electrons. The third-order valence-electron chi connectivity index (χ3n) is 5.91. The normalized spacial score (nSPS) is 11.8. The molecule has 0 fully saturated rings. The maximum Gasteiger partial charge on any atom is 0.418 e. The number of para-hydroxylation sites is 1. The number of ether oxygens (including phenoxy) is 1. The molecule has 0 amide bonds. The average Bonchev–Trinajstić information content (AvgIpc) is 3.23. The van der Waals surface area contributed by atoms with Gasteiger partial charge in [0, 0.05) is 21.5 Å². The zero-order valence-corrected chi connectivity index (χ0v) is 21.6. The zero-order valence-electron chi connectivity index (χ0n) is 19.4. The molecular weight excluding hydrogens is 563 g/mol. The van der Waals surface area contributed by atoms with Gasteiger partial charge in [-0.15, -0.1) is 0 Å². The van der Waals surface area contributed by atoms with Crippen molar-refractivity contribution in [1.29, 1.82) is 0 Å². The summed E-state index contributed by atoms with van der Waals surface area (Å²) >= 11 is 18.3. The van der Waals surface area contributed by atoms with E-state index in [-0.39, 0.29) is 34.6 Å². The molecule has 0 radical (unpaired) electrons. The molecule has 0 N–H and O–H groups in total. The predicted molar refractivity (Wildman–Crippen MR) is 141 cm³/mol. The lowest BCUT2D eigenvalue weighted by Crippen LogP contribution is -2.07. The lowest BCUT2D eigenvalue weighted by molar-refractivity contribution is -0.136. The smallest absolute Gasteiger partial charge is 0.418 e. The van der Waals surface area contributed by atoms with Gasteiger partial charge in [-0.25, -0.2) is 4.39 Å². The minimum atomic E-state index is -4.62. The molecule has 3 nitrogen and oxygen atoms in total. The first kappa shape index (κ1) is 26.4. The second-order valence-electron chi connectivity index (χ2n) is 8.48. The third-order valence-corrected chi connectivity index (χ3v) is 6.74. The minimum Gasteiger partial charge on any atom is -0.486 e. The second-order valence-corrected chi connectivity index (χ2v) is 9.73. The Bertz CT molecular complexity index is 1630. The van der Waals surface area contributed by atoms with Crippen LogP contribution in [0.2, 0.25) is 15.1 Å². The van der Waals surface area contributed by atoms with E-state index in [2.05, 4.69) is 5.10 Å². The van der Waals surface area contributed by atoms with Crippen molar-refractivity contribution in [2.75, 3.05) is 0 Å². The summed E-state index contributed by atoms with van der Waals surface area (Å²) in [7, 11) is 0. The number of nitrogens with zero attached hydrogens (tertiary/aromatic N) is 2. The zero-order chi connectivity index (χ0) is 27.0. The van der Waals surface area contributed by atoms with E-state index in [1.54, 1.807) is 48.5 Å². The molecule has 0 bridgehead atoms. The number of hydrogen-bond acceptors (Lipinski definition) is 2. The predicted octanol–water partition coefficient (Wildman–Crippen LogP) is 9.45. The van der Waals surface area contributed by atoms with Gasteiger partial charge in [0.2, 0.25) is 0 Å². The maximum atomic E-state index is 14.6. The van der Waals surface area contributed by atoms with Crippen LogP contribution in [0, 0.1) is 5.82 Å². The fourth-order valence-corrected chi connectivity index (χ4v) is 4.86. The molecule has 0 aliphatic heterocycles. The molecule has 10 heteroatoms. The molecule has 0 unspecified atom stereocenters. The Labute approximate surface area is 230 Å². The Morgan fingerprint density at radius 1 is 0.842 bits per heavy atom. The highest BCUT2D eigenvalue weighted by molar-refractivity contribution is 6.37. The van der Waals surface area contributed by atoms with Crippen LogP contribution in [-0.2, 0) is 19.3 Å². The summed E-state index contributed by atoms with van der Waals surface area (Å²) in [6.07, 6.45) is -4.62. The van der Waals surface area contributed by atoms with Crippen molar-refractivity contribution in [3.63, 3.8) is 0 Å². The van der Waals surface area contributed by atoms with Crippen molar-refractivity contribution in [2.24, 2.45) is 0 Å². The van der Waals surface area contributed by atoms with Crippen molar-refractivity contribution in [3.05, 3.63) is 116 Å². The third kappa shape index (κ3) is 5.32. The van der Waals surface area contributed by atoms with Gasteiger partial charge in [0.05, 0.1) is 27.8 Å². The summed E-state index contributed by atoms with van der Waals surface area (Å²) in [6.45, 7) is -0.0107. The molecule has 0 spiro atoms. The van der Waals surface area contributed by atoms with E-state index in [4.69, 9.17) is 39.5 Å². The summed E-state index contributed by atoms with van der Waals surface area (Å²) in [5.41, 5.74) is 0.813. The van der Waals surface area contributed by atoms with Crippen molar-refractivity contribution >= 4 is 45.7 Å². The van der Waals surface area contributed by atoms with Gasteiger partial charge in [0.1, 0.15) is 17.9 Å². The number of aromatic nitrogens is 2. The lowest BCUT2D eigenvalue weighted by Gasteiger charge is -2.12. The number of benzene rings is 4. The number of rotatable bonds is 6. The molecule has 0 saturated heterocycles. The molecule has 0 atom stereocenters. The number of halogens is 7. The van der Waals surface area contributed by atoms with Crippen LogP contribution in [0.5, 0.6) is 5.75 Å². The maximum absolute atomic E-state index is 14.6. The number of alkyl halides is 3. The van der Waals surface area contributed by atoms with Crippen molar-refractivity contribution in [2.45, 2.75) is 19.3 Å². The average molecular weight is 580 g/mol. The van der Waals surface area contributed by atoms with Crippen molar-refractivity contribution < 1.29 is 22.3 Å². The second kappa shape index (κ2) is 10.5. The van der Waals surface area contributed by atoms with Crippen LogP contribution in [0.25, 0.3) is 22.2 Å². The summed E-state index contributed by atoms with van der Waals surface area (Å²) < 4.78 is 63.3. The van der Waals surface area contributed by atoms with Gasteiger partial charge in [-0.2, -0.15) is 18.3 Å². The fraction of sp³-hybridized carbons (Fsp3) is 0.107. The van der Waals surface area contributed by atoms with Crippen LogP contribution >= 0.6 is 34.8 Å². The van der Waals surface area contributed by atoms with E-state index in [9.17, 15) is 17.6 Å². The molecule has 4 aromatic carbocycles. The standard InChI is InChI=1S/C28H17Cl3F4N2O/c29-19-11-10-18(24(32)13-19)14-37-26(20-6-2-7-21(25(20)36-37)28(33,34)35)17-5-1-4-16(12-17)15-38-27-22(30)8-3-9-23(27)31/h1-13H,14-15H2. The van der Waals surface area contributed by atoms with E-state index < -0.39 is 17.6 Å². The van der Waals surface area contributed by atoms with Gasteiger partial charge in [0.25, 0.3) is 0 Å². The number of fused-ring (bicyclic) bond motifs is 1. The van der Waals surface area contributed by atoms with Gasteiger partial charge < -0.3 is 4.74 Å². The first-order chi connectivity index (χ1) is 18.1. The van der Waals surface area contributed by atoms with Crippen LogP contribution < -0.4 is 4.74 Å². The van der Waals surface area contributed by atoms with E-state index in [0.717, 1.165) is 12.1 Å². The van der Waals surface area contributed by atoms with Gasteiger partial charge in [-0.1, -0.05) is 77.3 Å². The Balaban J connectivity index is 1.60. The van der Waals surface area contributed by atoms with Gasteiger partial charge in [-0.05, 0) is 42.0 Å². The highest BCUT2D eigenvalue weighted by atomic mass is 35.5. The van der Waals surface area contributed by atoms with Crippen LogP contribution in [0.1, 0.15) is 16.7 Å². The molecule has 38 heavy (non-hydrogen) atoms. The van der Waals surface area contributed by atoms with Gasteiger partial charge in [0.15, 0.2) is 5.75 Å². The first-order valence-electron chi connectivity index (χ1n) is 11.3. The van der Waals surface area contributed by atoms with Gasteiger partial charge in [-0.3, -0.25) is 4.68 Å². The van der Waals surface area contributed by atoms with Crippen LogP contribution in [-0.4, -0.2) is 9.78 Å². The Hall–Kier alpha value is -3.26. The molecule has 5 aromatic rings. The Morgan fingerprint density at radius 3 is 2.26 bits per heavy atom. The SMILES string of the molecule is Fc1cc(Cl)ccc1Cn1nc2c(C(F)(F)F)cccc2c1-c1cccc(COc2c(Cl)cccc2Cl)c1. The monoisotopic (exact) mass is 578 g/mol. The molecule has 0 aliphatic carbocycles. The van der Waals surface area contributed by atoms with Crippen LogP contribution in [0.4, 0.5) is 17.6 Å². The molecule has 0 aliphatic rings. The largest absolute Gasteiger partial charge is 0.486 e. The minimum absolute atomic E-state index is 0.100. The van der Waals surface area contributed by atoms with Crippen LogP contribution in [0.15, 0.2) is 78.9 Å². The molecule has 0 saturated carbocycles. The van der Waals surface area contributed by atoms with Crippen molar-refractivity contribution in [3.8, 4) is 17.0 Å². The molecular formula is C28H17Cl3F4N2O. The highest BCUT2D eigenvalue weighted by Crippen LogP contribution is 2.39. The Morgan fingerprint density at radius 2 is 1.55 bits per heavy atom. The summed E-state index contributed by atoms with van der Waals surface area (Å²) in [5, 5.41) is 5.48. The summed E-state index contributed by atoms with van der Waals surface area (Å²) in [4.78, 5) is 0. The lowest BCUT2D eigenvalue weighted by atomic mass is 10.0. The summed E-state index contributed by atoms with van der Waals surface area (Å²) in [5.74, 6) is -0.261.